The molecule has 0 atom stereocenters. The minimum Gasteiger partial charge on any atom is -0.335 e. The fourth-order valence-corrected chi connectivity index (χ4v) is 3.39. The van der Waals surface area contributed by atoms with Crippen LogP contribution in [0.15, 0.2) is 72.8 Å². The highest BCUT2D eigenvalue weighted by atomic mass is 16.2. The number of nitrogens with zero attached hydrogens (tertiary/aromatic N) is 3. The van der Waals surface area contributed by atoms with Crippen LogP contribution in [0.5, 0.6) is 0 Å². The van der Waals surface area contributed by atoms with Crippen molar-refractivity contribution in [3.63, 3.8) is 0 Å². The second-order valence-corrected chi connectivity index (χ2v) is 6.94. The molecule has 0 bridgehead atoms. The summed E-state index contributed by atoms with van der Waals surface area (Å²) in [5, 5.41) is 7.19. The van der Waals surface area contributed by atoms with Gasteiger partial charge in [0.1, 0.15) is 5.69 Å². The molecule has 1 saturated heterocycles. The maximum Gasteiger partial charge on any atom is 0.271 e. The smallest absolute Gasteiger partial charge is 0.271 e. The van der Waals surface area contributed by atoms with Crippen molar-refractivity contribution in [2.24, 2.45) is 0 Å². The summed E-state index contributed by atoms with van der Waals surface area (Å²) in [7, 11) is 0. The van der Waals surface area contributed by atoms with Crippen molar-refractivity contribution in [1.29, 1.82) is 0 Å². The first-order valence-electron chi connectivity index (χ1n) is 9.64. The number of hydrogen-bond donors (Lipinski definition) is 1. The Labute approximate surface area is 165 Å². The van der Waals surface area contributed by atoms with E-state index in [0.717, 1.165) is 44.0 Å². The van der Waals surface area contributed by atoms with E-state index >= 15 is 0 Å². The van der Waals surface area contributed by atoms with Crippen LogP contribution in [0.25, 0.3) is 17.3 Å². The number of aromatic nitrogens is 2. The van der Waals surface area contributed by atoms with Crippen molar-refractivity contribution in [2.45, 2.75) is 0 Å². The van der Waals surface area contributed by atoms with Gasteiger partial charge in [-0.05, 0) is 11.6 Å². The van der Waals surface area contributed by atoms with E-state index in [4.69, 9.17) is 0 Å². The largest absolute Gasteiger partial charge is 0.335 e. The lowest BCUT2D eigenvalue weighted by molar-refractivity contribution is 0.0644. The molecule has 1 amide bonds. The molecule has 0 unspecified atom stereocenters. The Morgan fingerprint density at radius 2 is 1.64 bits per heavy atom. The zero-order valence-electron chi connectivity index (χ0n) is 15.8. The Morgan fingerprint density at radius 1 is 0.964 bits per heavy atom. The number of carbonyl (C=O) groups excluding carboxylic acids is 1. The van der Waals surface area contributed by atoms with E-state index in [1.54, 1.807) is 0 Å². The third-order valence-corrected chi connectivity index (χ3v) is 5.01. The molecule has 2 heterocycles. The molecule has 3 aromatic rings. The Hall–Kier alpha value is -3.18. The zero-order valence-corrected chi connectivity index (χ0v) is 15.8. The summed E-state index contributed by atoms with van der Waals surface area (Å²) < 4.78 is 0. The molecule has 2 aromatic carbocycles. The quantitative estimate of drug-likeness (QED) is 0.745. The highest BCUT2D eigenvalue weighted by molar-refractivity contribution is 5.93. The van der Waals surface area contributed by atoms with Crippen LogP contribution in [0.1, 0.15) is 16.1 Å². The van der Waals surface area contributed by atoms with Crippen molar-refractivity contribution in [3.05, 3.63) is 84.1 Å². The Morgan fingerprint density at radius 3 is 2.36 bits per heavy atom. The summed E-state index contributed by atoms with van der Waals surface area (Å²) in [6.07, 6.45) is 4.33. The molecular weight excluding hydrogens is 348 g/mol. The molecule has 0 spiro atoms. The van der Waals surface area contributed by atoms with Gasteiger partial charge in [0.05, 0.1) is 5.69 Å². The molecular formula is C23H24N4O. The van der Waals surface area contributed by atoms with Crippen LogP contribution < -0.4 is 0 Å². The summed E-state index contributed by atoms with van der Waals surface area (Å²) in [6.45, 7) is 4.13. The molecule has 1 aliphatic rings. The minimum atomic E-state index is 0.0224. The molecule has 1 N–H and O–H groups in total. The SMILES string of the molecule is O=C(c1cc(-c2ccccc2)n[nH]1)N1CCN(CC=Cc2ccccc2)CC1. The van der Waals surface area contributed by atoms with Crippen LogP contribution in [0.4, 0.5) is 0 Å². The lowest BCUT2D eigenvalue weighted by Gasteiger charge is -2.33. The van der Waals surface area contributed by atoms with Crippen LogP contribution >= 0.6 is 0 Å². The molecule has 1 aromatic heterocycles. The predicted molar refractivity (Wildman–Crippen MR) is 112 cm³/mol. The Kier molecular flexibility index (Phi) is 5.64. The van der Waals surface area contributed by atoms with Crippen molar-refractivity contribution >= 4 is 12.0 Å². The van der Waals surface area contributed by atoms with Gasteiger partial charge in [-0.25, -0.2) is 0 Å². The number of hydrogen-bond acceptors (Lipinski definition) is 3. The number of H-pyrrole nitrogens is 1. The summed E-state index contributed by atoms with van der Waals surface area (Å²) in [5.41, 5.74) is 3.57. The van der Waals surface area contributed by atoms with Crippen LogP contribution in [0, 0.1) is 0 Å². The molecule has 4 rings (SSSR count). The first-order chi connectivity index (χ1) is 13.8. The highest BCUT2D eigenvalue weighted by Gasteiger charge is 2.23. The Bertz CT molecular complexity index is 926. The molecule has 142 valence electrons. The number of benzene rings is 2. The lowest BCUT2D eigenvalue weighted by atomic mass is 10.1. The van der Waals surface area contributed by atoms with Crippen LogP contribution in [0.3, 0.4) is 0 Å². The third-order valence-electron chi connectivity index (χ3n) is 5.01. The van der Waals surface area contributed by atoms with Crippen molar-refractivity contribution in [2.75, 3.05) is 32.7 Å². The average Bonchev–Trinajstić information content (AvgIpc) is 3.25. The molecule has 1 aliphatic heterocycles. The first-order valence-corrected chi connectivity index (χ1v) is 9.64. The molecule has 1 fully saturated rings. The minimum absolute atomic E-state index is 0.0224. The van der Waals surface area contributed by atoms with Crippen molar-refractivity contribution in [3.8, 4) is 11.3 Å². The van der Waals surface area contributed by atoms with E-state index in [-0.39, 0.29) is 5.91 Å². The summed E-state index contributed by atoms with van der Waals surface area (Å²) in [6, 6.07) is 22.0. The number of rotatable bonds is 5. The number of aromatic amines is 1. The molecule has 5 heteroatoms. The van der Waals surface area contributed by atoms with E-state index in [1.807, 2.05) is 59.5 Å². The van der Waals surface area contributed by atoms with Gasteiger partial charge in [-0.1, -0.05) is 72.8 Å². The second-order valence-electron chi connectivity index (χ2n) is 6.94. The molecule has 0 saturated carbocycles. The Balaban J connectivity index is 1.29. The molecule has 0 aliphatic carbocycles. The third kappa shape index (κ3) is 4.38. The van der Waals surface area contributed by atoms with E-state index in [2.05, 4.69) is 39.4 Å². The van der Waals surface area contributed by atoms with Gasteiger partial charge in [-0.3, -0.25) is 14.8 Å². The highest BCUT2D eigenvalue weighted by Crippen LogP contribution is 2.18. The summed E-state index contributed by atoms with van der Waals surface area (Å²) in [4.78, 5) is 17.0. The monoisotopic (exact) mass is 372 g/mol. The van der Waals surface area contributed by atoms with E-state index in [9.17, 15) is 4.79 Å². The zero-order chi connectivity index (χ0) is 19.2. The normalized spacial score (nSPS) is 15.2. The maximum atomic E-state index is 12.8. The first kappa shape index (κ1) is 18.2. The van der Waals surface area contributed by atoms with Crippen LogP contribution in [-0.4, -0.2) is 58.6 Å². The van der Waals surface area contributed by atoms with Gasteiger partial charge in [-0.15, -0.1) is 0 Å². The summed E-state index contributed by atoms with van der Waals surface area (Å²) in [5.74, 6) is 0.0224. The van der Waals surface area contributed by atoms with Gasteiger partial charge in [0.25, 0.3) is 5.91 Å². The lowest BCUT2D eigenvalue weighted by Crippen LogP contribution is -2.48. The molecule has 5 nitrogen and oxygen atoms in total. The van der Waals surface area contributed by atoms with Gasteiger partial charge in [0.2, 0.25) is 0 Å². The topological polar surface area (TPSA) is 52.2 Å². The van der Waals surface area contributed by atoms with Crippen molar-refractivity contribution < 1.29 is 4.79 Å². The van der Waals surface area contributed by atoms with Crippen LogP contribution in [0.2, 0.25) is 0 Å². The molecule has 0 radical (unpaired) electrons. The van der Waals surface area contributed by atoms with Crippen LogP contribution in [-0.2, 0) is 0 Å². The number of nitrogens with one attached hydrogen (secondary N) is 1. The maximum absolute atomic E-state index is 12.8. The fraction of sp³-hybridized carbons (Fsp3) is 0.217. The fourth-order valence-electron chi connectivity index (χ4n) is 3.39. The number of amides is 1. The standard InChI is InChI=1S/C23H24N4O/c28-23(22-18-21(24-25-22)20-11-5-2-6-12-20)27-16-14-26(15-17-27)13-7-10-19-8-3-1-4-9-19/h1-12,18H,13-17H2,(H,24,25). The van der Waals surface area contributed by atoms with Gasteiger partial charge in [-0.2, -0.15) is 5.10 Å². The number of piperazine rings is 1. The van der Waals surface area contributed by atoms with Gasteiger partial charge in [0, 0.05) is 38.3 Å². The average molecular weight is 372 g/mol. The van der Waals surface area contributed by atoms with Crippen molar-refractivity contribution in [1.82, 2.24) is 20.0 Å². The summed E-state index contributed by atoms with van der Waals surface area (Å²) >= 11 is 0. The second kappa shape index (κ2) is 8.67. The van der Waals surface area contributed by atoms with E-state index in [0.29, 0.717) is 5.69 Å². The van der Waals surface area contributed by atoms with Gasteiger partial charge in [0.15, 0.2) is 0 Å². The van der Waals surface area contributed by atoms with Gasteiger partial charge < -0.3 is 4.90 Å². The van der Waals surface area contributed by atoms with E-state index < -0.39 is 0 Å². The predicted octanol–water partition coefficient (Wildman–Crippen LogP) is 3.55. The van der Waals surface area contributed by atoms with E-state index in [1.165, 1.54) is 5.56 Å². The number of carbonyl (C=O) groups is 1. The molecule has 28 heavy (non-hydrogen) atoms. The van der Waals surface area contributed by atoms with Gasteiger partial charge >= 0.3 is 0 Å².